The van der Waals surface area contributed by atoms with E-state index in [1.54, 1.807) is 48.5 Å². The molecule has 1 aromatic heterocycles. The number of carbonyl (C=O) groups excluding carboxylic acids is 2. The van der Waals surface area contributed by atoms with E-state index in [2.05, 4.69) is 26.5 Å². The second-order valence-corrected chi connectivity index (χ2v) is 6.49. The minimum atomic E-state index is -0.504. The fourth-order valence-corrected chi connectivity index (χ4v) is 2.56. The van der Waals surface area contributed by atoms with Crippen molar-refractivity contribution in [2.75, 3.05) is 0 Å². The van der Waals surface area contributed by atoms with Crippen LogP contribution in [0.3, 0.4) is 0 Å². The van der Waals surface area contributed by atoms with E-state index in [4.69, 9.17) is 20.8 Å². The van der Waals surface area contributed by atoms with Crippen LogP contribution in [0, 0.1) is 0 Å². The third-order valence-corrected chi connectivity index (χ3v) is 3.99. The summed E-state index contributed by atoms with van der Waals surface area (Å²) >= 11 is 8.98. The molecule has 0 radical (unpaired) electrons. The van der Waals surface area contributed by atoms with Gasteiger partial charge in [0.1, 0.15) is 5.75 Å². The number of carbonyl (C=O) groups is 2. The monoisotopic (exact) mass is 446 g/mol. The fraction of sp³-hybridized carbons (Fsp3) is 0. The van der Waals surface area contributed by atoms with Gasteiger partial charge in [0.2, 0.25) is 0 Å². The Balaban J connectivity index is 1.57. The average molecular weight is 448 g/mol. The standard InChI is InChI=1S/C19H12BrClN2O4/c20-17-9-8-16(27-17)18(24)23-22-11-12-4-6-15(7-5-12)26-19(25)13-2-1-3-14(21)10-13/h1-11H,(H,23,24)/b22-11-. The van der Waals surface area contributed by atoms with Crippen LogP contribution in [0.5, 0.6) is 5.75 Å². The number of halogens is 2. The van der Waals surface area contributed by atoms with E-state index >= 15 is 0 Å². The fourth-order valence-electron chi connectivity index (χ4n) is 2.06. The van der Waals surface area contributed by atoms with Crippen LogP contribution >= 0.6 is 27.5 Å². The molecule has 27 heavy (non-hydrogen) atoms. The largest absolute Gasteiger partial charge is 0.444 e. The Morgan fingerprint density at radius 3 is 2.56 bits per heavy atom. The van der Waals surface area contributed by atoms with E-state index in [0.717, 1.165) is 0 Å². The number of ether oxygens (including phenoxy) is 1. The molecule has 1 amide bonds. The first-order valence-corrected chi connectivity index (χ1v) is 8.85. The zero-order chi connectivity index (χ0) is 19.2. The normalized spacial score (nSPS) is 10.7. The summed E-state index contributed by atoms with van der Waals surface area (Å²) in [7, 11) is 0. The minimum Gasteiger partial charge on any atom is -0.444 e. The summed E-state index contributed by atoms with van der Waals surface area (Å²) in [6.07, 6.45) is 1.46. The van der Waals surface area contributed by atoms with Gasteiger partial charge in [-0.3, -0.25) is 4.79 Å². The van der Waals surface area contributed by atoms with Crippen molar-refractivity contribution in [1.82, 2.24) is 5.43 Å². The number of hydrazone groups is 1. The second-order valence-electron chi connectivity index (χ2n) is 5.27. The topological polar surface area (TPSA) is 80.9 Å². The number of esters is 1. The number of nitrogens with zero attached hydrogens (tertiary/aromatic N) is 1. The molecule has 0 atom stereocenters. The van der Waals surface area contributed by atoms with Crippen LogP contribution in [-0.4, -0.2) is 18.1 Å². The maximum Gasteiger partial charge on any atom is 0.343 e. The Hall–Kier alpha value is -2.90. The average Bonchev–Trinajstić information content (AvgIpc) is 3.09. The first kappa shape index (κ1) is 18.9. The van der Waals surface area contributed by atoms with Crippen LogP contribution in [0.25, 0.3) is 0 Å². The van der Waals surface area contributed by atoms with Gasteiger partial charge in [0.05, 0.1) is 11.8 Å². The molecule has 8 heteroatoms. The molecule has 1 heterocycles. The summed E-state index contributed by atoms with van der Waals surface area (Å²) in [4.78, 5) is 23.8. The maximum atomic E-state index is 12.1. The Bertz CT molecular complexity index is 999. The van der Waals surface area contributed by atoms with E-state index in [1.165, 1.54) is 18.3 Å². The van der Waals surface area contributed by atoms with Crippen molar-refractivity contribution in [3.8, 4) is 5.75 Å². The van der Waals surface area contributed by atoms with E-state index in [1.807, 2.05) is 0 Å². The van der Waals surface area contributed by atoms with Crippen LogP contribution in [0.4, 0.5) is 0 Å². The molecule has 0 fully saturated rings. The van der Waals surface area contributed by atoms with Crippen LogP contribution < -0.4 is 10.2 Å². The van der Waals surface area contributed by atoms with Gasteiger partial charge in [-0.15, -0.1) is 0 Å². The van der Waals surface area contributed by atoms with Crippen molar-refractivity contribution in [3.63, 3.8) is 0 Å². The molecule has 0 bridgehead atoms. The van der Waals surface area contributed by atoms with Gasteiger partial charge in [-0.1, -0.05) is 17.7 Å². The maximum absolute atomic E-state index is 12.1. The van der Waals surface area contributed by atoms with Crippen molar-refractivity contribution in [2.24, 2.45) is 5.10 Å². The van der Waals surface area contributed by atoms with Gasteiger partial charge in [0, 0.05) is 5.02 Å². The predicted octanol–water partition coefficient (Wildman–Crippen LogP) is 4.68. The molecule has 0 spiro atoms. The van der Waals surface area contributed by atoms with Crippen molar-refractivity contribution in [3.05, 3.63) is 87.2 Å². The molecule has 0 unspecified atom stereocenters. The number of amides is 1. The van der Waals surface area contributed by atoms with Gasteiger partial charge in [-0.25, -0.2) is 10.2 Å². The molecule has 136 valence electrons. The molecule has 0 saturated heterocycles. The van der Waals surface area contributed by atoms with Crippen LogP contribution in [0.15, 0.2) is 74.9 Å². The molecule has 3 aromatic rings. The van der Waals surface area contributed by atoms with Crippen molar-refractivity contribution >= 4 is 45.6 Å². The van der Waals surface area contributed by atoms with Crippen LogP contribution in [-0.2, 0) is 0 Å². The van der Waals surface area contributed by atoms with E-state index in [0.29, 0.717) is 26.6 Å². The molecule has 0 aliphatic carbocycles. The zero-order valence-corrected chi connectivity index (χ0v) is 16.0. The van der Waals surface area contributed by atoms with Crippen molar-refractivity contribution in [2.45, 2.75) is 0 Å². The summed E-state index contributed by atoms with van der Waals surface area (Å²) in [5, 5.41) is 4.31. The second kappa shape index (κ2) is 8.66. The minimum absolute atomic E-state index is 0.141. The highest BCUT2D eigenvalue weighted by Gasteiger charge is 2.10. The number of nitrogens with one attached hydrogen (secondary N) is 1. The van der Waals surface area contributed by atoms with Crippen LogP contribution in [0.2, 0.25) is 5.02 Å². The molecule has 0 saturated carbocycles. The molecule has 1 N–H and O–H groups in total. The first-order chi connectivity index (χ1) is 13.0. The molecule has 2 aromatic carbocycles. The van der Waals surface area contributed by atoms with Gasteiger partial charge in [-0.2, -0.15) is 5.10 Å². The van der Waals surface area contributed by atoms with Crippen molar-refractivity contribution in [1.29, 1.82) is 0 Å². The third kappa shape index (κ3) is 5.29. The summed E-state index contributed by atoms with van der Waals surface area (Å²) < 4.78 is 10.9. The highest BCUT2D eigenvalue weighted by molar-refractivity contribution is 9.10. The number of hydrogen-bond donors (Lipinski definition) is 1. The lowest BCUT2D eigenvalue weighted by Gasteiger charge is -2.05. The quantitative estimate of drug-likeness (QED) is 0.266. The molecule has 3 rings (SSSR count). The molecular formula is C19H12BrClN2O4. The molecule has 6 nitrogen and oxygen atoms in total. The van der Waals surface area contributed by atoms with E-state index in [9.17, 15) is 9.59 Å². The van der Waals surface area contributed by atoms with E-state index < -0.39 is 11.9 Å². The first-order valence-electron chi connectivity index (χ1n) is 7.68. The van der Waals surface area contributed by atoms with Crippen LogP contribution in [0.1, 0.15) is 26.5 Å². The SMILES string of the molecule is O=C(Oc1ccc(/C=N\NC(=O)c2ccc(Br)o2)cc1)c1cccc(Cl)c1. The lowest BCUT2D eigenvalue weighted by Crippen LogP contribution is -2.16. The van der Waals surface area contributed by atoms with Gasteiger partial charge < -0.3 is 9.15 Å². The lowest BCUT2D eigenvalue weighted by molar-refractivity contribution is 0.0734. The zero-order valence-electron chi connectivity index (χ0n) is 13.7. The molecular weight excluding hydrogens is 436 g/mol. The Labute approximate surface area is 167 Å². The smallest absolute Gasteiger partial charge is 0.343 e. The van der Waals surface area contributed by atoms with Gasteiger partial charge in [0.25, 0.3) is 0 Å². The summed E-state index contributed by atoms with van der Waals surface area (Å²) in [5.41, 5.74) is 3.42. The summed E-state index contributed by atoms with van der Waals surface area (Å²) in [6, 6.07) is 16.3. The number of hydrogen-bond acceptors (Lipinski definition) is 5. The number of furan rings is 1. The Morgan fingerprint density at radius 1 is 1.11 bits per heavy atom. The van der Waals surface area contributed by atoms with Gasteiger partial charge in [-0.05, 0) is 76.1 Å². The number of rotatable bonds is 5. The highest BCUT2D eigenvalue weighted by atomic mass is 79.9. The Morgan fingerprint density at radius 2 is 1.89 bits per heavy atom. The van der Waals surface area contributed by atoms with Gasteiger partial charge in [0.15, 0.2) is 10.4 Å². The van der Waals surface area contributed by atoms with E-state index in [-0.39, 0.29) is 5.76 Å². The summed E-state index contributed by atoms with van der Waals surface area (Å²) in [6.45, 7) is 0. The third-order valence-electron chi connectivity index (χ3n) is 3.33. The predicted molar refractivity (Wildman–Crippen MR) is 104 cm³/mol. The number of benzene rings is 2. The highest BCUT2D eigenvalue weighted by Crippen LogP contribution is 2.16. The van der Waals surface area contributed by atoms with Gasteiger partial charge >= 0.3 is 11.9 Å². The molecule has 0 aliphatic rings. The Kier molecular flexibility index (Phi) is 6.05. The van der Waals surface area contributed by atoms with Crippen molar-refractivity contribution < 1.29 is 18.7 Å². The lowest BCUT2D eigenvalue weighted by atomic mass is 10.2. The summed E-state index contributed by atoms with van der Waals surface area (Å²) in [5.74, 6) is -0.455. The molecule has 0 aliphatic heterocycles.